The molecule has 0 aromatic heterocycles. The van der Waals surface area contributed by atoms with Crippen molar-refractivity contribution in [2.75, 3.05) is 0 Å². The molecule has 6 nitrogen and oxygen atoms in total. The van der Waals surface area contributed by atoms with E-state index in [1.807, 2.05) is 0 Å². The molecule has 0 fully saturated rings. The second-order valence-corrected chi connectivity index (χ2v) is 4.14. The molecule has 6 heteroatoms. The Labute approximate surface area is 94.2 Å². The molecule has 0 aliphatic heterocycles. The van der Waals surface area contributed by atoms with Gasteiger partial charge in [-0.15, -0.1) is 0 Å². The van der Waals surface area contributed by atoms with E-state index in [1.165, 1.54) is 13.8 Å². The van der Waals surface area contributed by atoms with Gasteiger partial charge in [0.1, 0.15) is 5.54 Å². The number of carboxylic acid groups (broad SMARTS) is 1. The first-order valence-electron chi connectivity index (χ1n) is 5.08. The molecule has 0 rings (SSSR count). The fourth-order valence-corrected chi connectivity index (χ4v) is 1.03. The van der Waals surface area contributed by atoms with E-state index < -0.39 is 17.4 Å². The van der Waals surface area contributed by atoms with Gasteiger partial charge in [-0.05, 0) is 26.7 Å². The summed E-state index contributed by atoms with van der Waals surface area (Å²) in [6, 6.07) is 0. The number of nitrogens with two attached hydrogens (primary N) is 1. The van der Waals surface area contributed by atoms with Crippen LogP contribution in [-0.4, -0.2) is 28.4 Å². The number of carbonyl (C=O) groups is 3. The van der Waals surface area contributed by atoms with Gasteiger partial charge in [0, 0.05) is 12.8 Å². The van der Waals surface area contributed by atoms with E-state index in [1.54, 1.807) is 0 Å². The molecule has 0 atom stereocenters. The lowest BCUT2D eigenvalue weighted by molar-refractivity contribution is -0.137. The molecule has 0 unspecified atom stereocenters. The van der Waals surface area contributed by atoms with Crippen LogP contribution in [0.15, 0.2) is 0 Å². The van der Waals surface area contributed by atoms with Crippen molar-refractivity contribution in [3.63, 3.8) is 0 Å². The average molecular weight is 230 g/mol. The maximum atomic E-state index is 11.3. The standard InChI is InChI=1S/C10H18N2O4/c1-10(2,9(11)16)12-7(13)5-3-4-6-8(14)15/h3-6H2,1-2H3,(H2,11,16)(H,12,13)(H,14,15). The quantitative estimate of drug-likeness (QED) is 0.535. The summed E-state index contributed by atoms with van der Waals surface area (Å²) in [5, 5.41) is 10.9. The molecule has 0 aromatic carbocycles. The van der Waals surface area contributed by atoms with Gasteiger partial charge in [-0.25, -0.2) is 0 Å². The van der Waals surface area contributed by atoms with Crippen molar-refractivity contribution in [2.24, 2.45) is 5.73 Å². The van der Waals surface area contributed by atoms with Gasteiger partial charge in [0.2, 0.25) is 11.8 Å². The number of aliphatic carboxylic acids is 1. The van der Waals surface area contributed by atoms with Crippen LogP contribution < -0.4 is 11.1 Å². The molecular weight excluding hydrogens is 212 g/mol. The average Bonchev–Trinajstić information content (AvgIpc) is 2.11. The zero-order valence-corrected chi connectivity index (χ0v) is 9.58. The van der Waals surface area contributed by atoms with Crippen LogP contribution in [0.2, 0.25) is 0 Å². The number of carboxylic acids is 1. The number of rotatable bonds is 7. The van der Waals surface area contributed by atoms with Crippen molar-refractivity contribution in [1.82, 2.24) is 5.32 Å². The maximum Gasteiger partial charge on any atom is 0.303 e. The molecule has 92 valence electrons. The fraction of sp³-hybridized carbons (Fsp3) is 0.700. The molecule has 0 aliphatic rings. The summed E-state index contributed by atoms with van der Waals surface area (Å²) >= 11 is 0. The number of primary amides is 1. The first-order valence-corrected chi connectivity index (χ1v) is 5.08. The highest BCUT2D eigenvalue weighted by molar-refractivity contribution is 5.89. The van der Waals surface area contributed by atoms with Crippen molar-refractivity contribution in [1.29, 1.82) is 0 Å². The number of amides is 2. The van der Waals surface area contributed by atoms with Gasteiger partial charge in [0.25, 0.3) is 0 Å². The normalized spacial score (nSPS) is 10.9. The summed E-state index contributed by atoms with van der Waals surface area (Å²) in [7, 11) is 0. The van der Waals surface area contributed by atoms with E-state index >= 15 is 0 Å². The van der Waals surface area contributed by atoms with Gasteiger partial charge in [0.05, 0.1) is 0 Å². The summed E-state index contributed by atoms with van der Waals surface area (Å²) in [4.78, 5) is 32.4. The molecule has 0 spiro atoms. The topological polar surface area (TPSA) is 109 Å². The molecule has 0 bridgehead atoms. The Morgan fingerprint density at radius 2 is 1.69 bits per heavy atom. The molecule has 16 heavy (non-hydrogen) atoms. The zero-order chi connectivity index (χ0) is 12.8. The van der Waals surface area contributed by atoms with Crippen LogP contribution in [0.3, 0.4) is 0 Å². The molecular formula is C10H18N2O4. The predicted molar refractivity (Wildman–Crippen MR) is 57.5 cm³/mol. The van der Waals surface area contributed by atoms with Gasteiger partial charge in [0.15, 0.2) is 0 Å². The Morgan fingerprint density at radius 1 is 1.19 bits per heavy atom. The van der Waals surface area contributed by atoms with E-state index in [9.17, 15) is 14.4 Å². The summed E-state index contributed by atoms with van der Waals surface area (Å²) < 4.78 is 0. The summed E-state index contributed by atoms with van der Waals surface area (Å²) in [6.07, 6.45) is 1.17. The number of hydrogen-bond acceptors (Lipinski definition) is 3. The summed E-state index contributed by atoms with van der Waals surface area (Å²) in [6.45, 7) is 3.04. The van der Waals surface area contributed by atoms with Crippen LogP contribution in [-0.2, 0) is 14.4 Å². The van der Waals surface area contributed by atoms with E-state index in [0.717, 1.165) is 0 Å². The Hall–Kier alpha value is -1.59. The van der Waals surface area contributed by atoms with Crippen molar-refractivity contribution in [2.45, 2.75) is 45.1 Å². The van der Waals surface area contributed by atoms with Crippen LogP contribution in [0.5, 0.6) is 0 Å². The number of carbonyl (C=O) groups excluding carboxylic acids is 2. The van der Waals surface area contributed by atoms with Gasteiger partial charge in [-0.2, -0.15) is 0 Å². The molecule has 0 aromatic rings. The largest absolute Gasteiger partial charge is 0.481 e. The fourth-order valence-electron chi connectivity index (χ4n) is 1.03. The monoisotopic (exact) mass is 230 g/mol. The van der Waals surface area contributed by atoms with Crippen molar-refractivity contribution in [3.05, 3.63) is 0 Å². The van der Waals surface area contributed by atoms with Crippen LogP contribution in [0.1, 0.15) is 39.5 Å². The van der Waals surface area contributed by atoms with E-state index in [2.05, 4.69) is 5.32 Å². The predicted octanol–water partition coefficient (Wildman–Crippen LogP) is 0.0115. The third-order valence-electron chi connectivity index (χ3n) is 2.11. The first-order chi connectivity index (χ1) is 7.25. The van der Waals surface area contributed by atoms with Crippen molar-refractivity contribution in [3.8, 4) is 0 Å². The van der Waals surface area contributed by atoms with Gasteiger partial charge < -0.3 is 16.2 Å². The van der Waals surface area contributed by atoms with Gasteiger partial charge in [-0.3, -0.25) is 14.4 Å². The zero-order valence-electron chi connectivity index (χ0n) is 9.58. The number of nitrogens with one attached hydrogen (secondary N) is 1. The van der Waals surface area contributed by atoms with Crippen molar-refractivity contribution >= 4 is 17.8 Å². The molecule has 2 amide bonds. The Kier molecular flexibility index (Phi) is 5.49. The molecule has 0 radical (unpaired) electrons. The van der Waals surface area contributed by atoms with Crippen molar-refractivity contribution < 1.29 is 19.5 Å². The summed E-state index contributed by atoms with van der Waals surface area (Å²) in [5.74, 6) is -1.78. The Morgan fingerprint density at radius 3 is 2.12 bits per heavy atom. The Balaban J connectivity index is 3.83. The number of unbranched alkanes of at least 4 members (excludes halogenated alkanes) is 1. The van der Waals surface area contributed by atoms with Crippen LogP contribution in [0.25, 0.3) is 0 Å². The SMILES string of the molecule is CC(C)(NC(=O)CCCCC(=O)O)C(N)=O. The van der Waals surface area contributed by atoms with E-state index in [0.29, 0.717) is 12.8 Å². The minimum atomic E-state index is -1.07. The van der Waals surface area contributed by atoms with Gasteiger partial charge >= 0.3 is 5.97 Å². The number of hydrogen-bond donors (Lipinski definition) is 3. The van der Waals surface area contributed by atoms with Crippen LogP contribution in [0.4, 0.5) is 0 Å². The van der Waals surface area contributed by atoms with E-state index in [4.69, 9.17) is 10.8 Å². The molecule has 0 saturated carbocycles. The smallest absolute Gasteiger partial charge is 0.303 e. The van der Waals surface area contributed by atoms with Gasteiger partial charge in [-0.1, -0.05) is 0 Å². The van der Waals surface area contributed by atoms with Crippen LogP contribution in [0, 0.1) is 0 Å². The lowest BCUT2D eigenvalue weighted by Crippen LogP contribution is -2.52. The highest BCUT2D eigenvalue weighted by atomic mass is 16.4. The molecule has 0 aliphatic carbocycles. The molecule has 0 saturated heterocycles. The third-order valence-corrected chi connectivity index (χ3v) is 2.11. The second kappa shape index (κ2) is 6.09. The third kappa shape index (κ3) is 6.00. The minimum absolute atomic E-state index is 0.0481. The highest BCUT2D eigenvalue weighted by Crippen LogP contribution is 2.04. The highest BCUT2D eigenvalue weighted by Gasteiger charge is 2.26. The second-order valence-electron chi connectivity index (χ2n) is 4.14. The lowest BCUT2D eigenvalue weighted by Gasteiger charge is -2.22. The molecule has 0 heterocycles. The van der Waals surface area contributed by atoms with Crippen LogP contribution >= 0.6 is 0 Å². The summed E-state index contributed by atoms with van der Waals surface area (Å²) in [5.41, 5.74) is 4.02. The molecule has 4 N–H and O–H groups in total. The minimum Gasteiger partial charge on any atom is -0.481 e. The van der Waals surface area contributed by atoms with E-state index in [-0.39, 0.29) is 18.7 Å². The maximum absolute atomic E-state index is 11.3. The lowest BCUT2D eigenvalue weighted by atomic mass is 10.0. The Bertz CT molecular complexity index is 287. The first kappa shape index (κ1) is 14.4.